The van der Waals surface area contributed by atoms with Crippen molar-refractivity contribution in [2.75, 3.05) is 13.6 Å². The van der Waals surface area contributed by atoms with Gasteiger partial charge in [-0.05, 0) is 68.2 Å². The zero-order chi connectivity index (χ0) is 18.2. The molecule has 0 radical (unpaired) electrons. The fourth-order valence-electron chi connectivity index (χ4n) is 4.39. The molecular formula is C18H25ClN2O3S. The molecule has 5 nitrogen and oxygen atoms in total. The van der Waals surface area contributed by atoms with Crippen molar-refractivity contribution in [2.24, 2.45) is 17.8 Å². The first-order valence-corrected chi connectivity index (χ1v) is 10.6. The van der Waals surface area contributed by atoms with Gasteiger partial charge in [0.1, 0.15) is 0 Å². The Morgan fingerprint density at radius 2 is 1.96 bits per heavy atom. The van der Waals surface area contributed by atoms with Crippen LogP contribution in [0, 0.1) is 17.8 Å². The molecule has 2 saturated carbocycles. The Bertz CT molecular complexity index is 735. The van der Waals surface area contributed by atoms with Gasteiger partial charge < -0.3 is 5.32 Å². The Labute approximate surface area is 154 Å². The molecule has 0 saturated heterocycles. The van der Waals surface area contributed by atoms with Crippen molar-refractivity contribution in [3.63, 3.8) is 0 Å². The van der Waals surface area contributed by atoms with Crippen molar-refractivity contribution in [1.29, 1.82) is 0 Å². The first kappa shape index (κ1) is 18.7. The van der Waals surface area contributed by atoms with E-state index in [2.05, 4.69) is 5.32 Å². The monoisotopic (exact) mass is 384 g/mol. The van der Waals surface area contributed by atoms with Crippen LogP contribution in [0.15, 0.2) is 29.2 Å². The third-order valence-corrected chi connectivity index (χ3v) is 7.78. The van der Waals surface area contributed by atoms with E-state index in [0.29, 0.717) is 10.9 Å². The summed E-state index contributed by atoms with van der Waals surface area (Å²) in [5.41, 5.74) is 0. The molecule has 7 heteroatoms. The van der Waals surface area contributed by atoms with Crippen LogP contribution in [0.25, 0.3) is 0 Å². The molecule has 3 rings (SSSR count). The van der Waals surface area contributed by atoms with Gasteiger partial charge in [-0.15, -0.1) is 0 Å². The van der Waals surface area contributed by atoms with Crippen molar-refractivity contribution in [2.45, 2.75) is 43.5 Å². The minimum Gasteiger partial charge on any atom is -0.352 e. The number of hydrogen-bond acceptors (Lipinski definition) is 3. The highest BCUT2D eigenvalue weighted by Gasteiger charge is 2.42. The number of benzene rings is 1. The zero-order valence-corrected chi connectivity index (χ0v) is 16.2. The Balaban J connectivity index is 1.57. The van der Waals surface area contributed by atoms with Crippen LogP contribution >= 0.6 is 11.6 Å². The molecule has 0 aromatic heterocycles. The molecule has 1 amide bonds. The van der Waals surface area contributed by atoms with Crippen LogP contribution in [0.4, 0.5) is 0 Å². The van der Waals surface area contributed by atoms with E-state index in [1.165, 1.54) is 57.0 Å². The largest absolute Gasteiger partial charge is 0.352 e. The predicted molar refractivity (Wildman–Crippen MR) is 97.8 cm³/mol. The van der Waals surface area contributed by atoms with Crippen LogP contribution in [0.3, 0.4) is 0 Å². The van der Waals surface area contributed by atoms with E-state index in [0.717, 1.165) is 16.1 Å². The molecule has 1 aromatic rings. The molecule has 0 heterocycles. The van der Waals surface area contributed by atoms with Crippen molar-refractivity contribution in [3.8, 4) is 0 Å². The molecular weight excluding hydrogens is 360 g/mol. The molecule has 0 unspecified atom stereocenters. The van der Waals surface area contributed by atoms with E-state index in [9.17, 15) is 13.2 Å². The van der Waals surface area contributed by atoms with Crippen LogP contribution in [0.2, 0.25) is 5.02 Å². The quantitative estimate of drug-likeness (QED) is 0.820. The van der Waals surface area contributed by atoms with Gasteiger partial charge in [-0.3, -0.25) is 4.79 Å². The van der Waals surface area contributed by atoms with E-state index < -0.39 is 10.0 Å². The van der Waals surface area contributed by atoms with Gasteiger partial charge in [-0.2, -0.15) is 4.31 Å². The number of carbonyl (C=O) groups is 1. The number of sulfonamides is 1. The van der Waals surface area contributed by atoms with E-state index in [1.54, 1.807) is 0 Å². The molecule has 138 valence electrons. The standard InChI is InChI=1S/C18H25ClN2O3S/c1-12(17-10-13-3-4-14(17)9-13)20-18(22)11-21(2)25(23,24)16-7-5-15(19)6-8-16/h5-8,12-14,17H,3-4,9-11H2,1-2H3,(H,20,22)/t12-,13-,14-,17+/m0/s1. The summed E-state index contributed by atoms with van der Waals surface area (Å²) < 4.78 is 26.1. The number of amides is 1. The SMILES string of the molecule is C[C@H](NC(=O)CN(C)S(=O)(=O)c1ccc(Cl)cc1)[C@H]1C[C@H]2CC[C@H]1C2. The molecule has 2 fully saturated rings. The number of rotatable bonds is 6. The summed E-state index contributed by atoms with van der Waals surface area (Å²) in [6, 6.07) is 6.04. The number of likely N-dealkylation sites (N-methyl/N-ethyl adjacent to an activating group) is 1. The van der Waals surface area contributed by atoms with Crippen LogP contribution in [-0.4, -0.2) is 38.3 Å². The van der Waals surface area contributed by atoms with Gasteiger partial charge in [0.25, 0.3) is 0 Å². The number of nitrogens with zero attached hydrogens (tertiary/aromatic N) is 1. The van der Waals surface area contributed by atoms with E-state index in [4.69, 9.17) is 11.6 Å². The average molecular weight is 385 g/mol. The Kier molecular flexibility index (Phi) is 5.42. The number of halogens is 1. The van der Waals surface area contributed by atoms with Crippen molar-refractivity contribution in [1.82, 2.24) is 9.62 Å². The van der Waals surface area contributed by atoms with Crippen molar-refractivity contribution in [3.05, 3.63) is 29.3 Å². The number of fused-ring (bicyclic) bond motifs is 2. The van der Waals surface area contributed by atoms with Crippen LogP contribution in [-0.2, 0) is 14.8 Å². The second-order valence-corrected chi connectivity index (χ2v) is 9.89. The number of hydrogen-bond donors (Lipinski definition) is 1. The normalized spacial score (nSPS) is 26.8. The second-order valence-electron chi connectivity index (χ2n) is 7.41. The lowest BCUT2D eigenvalue weighted by atomic mass is 9.84. The molecule has 25 heavy (non-hydrogen) atoms. The first-order valence-electron chi connectivity index (χ1n) is 8.78. The summed E-state index contributed by atoms with van der Waals surface area (Å²) in [6.45, 7) is 1.85. The summed E-state index contributed by atoms with van der Waals surface area (Å²) in [7, 11) is -2.28. The fraction of sp³-hybridized carbons (Fsp3) is 0.611. The topological polar surface area (TPSA) is 66.5 Å². The fourth-order valence-corrected chi connectivity index (χ4v) is 5.64. The third-order valence-electron chi connectivity index (χ3n) is 5.71. The molecule has 2 bridgehead atoms. The molecule has 2 aliphatic carbocycles. The third kappa shape index (κ3) is 4.01. The molecule has 0 aliphatic heterocycles. The maximum atomic E-state index is 12.5. The first-order chi connectivity index (χ1) is 11.8. The molecule has 1 aromatic carbocycles. The summed E-state index contributed by atoms with van der Waals surface area (Å²) in [4.78, 5) is 12.5. The van der Waals surface area contributed by atoms with Gasteiger partial charge in [-0.25, -0.2) is 8.42 Å². The highest BCUT2D eigenvalue weighted by molar-refractivity contribution is 7.89. The smallest absolute Gasteiger partial charge is 0.243 e. The van der Waals surface area contributed by atoms with Gasteiger partial charge >= 0.3 is 0 Å². The molecule has 1 N–H and O–H groups in total. The predicted octanol–water partition coefficient (Wildman–Crippen LogP) is 2.90. The zero-order valence-electron chi connectivity index (χ0n) is 14.6. The highest BCUT2D eigenvalue weighted by Crippen LogP contribution is 2.49. The van der Waals surface area contributed by atoms with E-state index >= 15 is 0 Å². The maximum Gasteiger partial charge on any atom is 0.243 e. The lowest BCUT2D eigenvalue weighted by Crippen LogP contribution is -2.45. The average Bonchev–Trinajstić information content (AvgIpc) is 3.18. The van der Waals surface area contributed by atoms with Crippen LogP contribution in [0.5, 0.6) is 0 Å². The Hall–Kier alpha value is -1.11. The lowest BCUT2D eigenvalue weighted by molar-refractivity contribution is -0.122. The summed E-state index contributed by atoms with van der Waals surface area (Å²) in [6.07, 6.45) is 5.06. The van der Waals surface area contributed by atoms with Crippen LogP contribution in [0.1, 0.15) is 32.6 Å². The number of nitrogens with one attached hydrogen (secondary N) is 1. The van der Waals surface area contributed by atoms with Gasteiger partial charge in [0, 0.05) is 18.1 Å². The summed E-state index contributed by atoms with van der Waals surface area (Å²) in [5, 5.41) is 3.48. The van der Waals surface area contributed by atoms with Gasteiger partial charge in [0.15, 0.2) is 0 Å². The van der Waals surface area contributed by atoms with E-state index in [1.807, 2.05) is 6.92 Å². The van der Waals surface area contributed by atoms with E-state index in [-0.39, 0.29) is 23.4 Å². The minimum atomic E-state index is -3.70. The number of carbonyl (C=O) groups excluding carboxylic acids is 1. The van der Waals surface area contributed by atoms with Gasteiger partial charge in [-0.1, -0.05) is 18.0 Å². The highest BCUT2D eigenvalue weighted by atomic mass is 35.5. The van der Waals surface area contributed by atoms with Gasteiger partial charge in [0.2, 0.25) is 15.9 Å². The van der Waals surface area contributed by atoms with Crippen LogP contribution < -0.4 is 5.32 Å². The lowest BCUT2D eigenvalue weighted by Gasteiger charge is -2.29. The summed E-state index contributed by atoms with van der Waals surface area (Å²) >= 11 is 5.80. The Morgan fingerprint density at radius 3 is 2.52 bits per heavy atom. The van der Waals surface area contributed by atoms with Crippen molar-refractivity contribution < 1.29 is 13.2 Å². The molecule has 4 atom stereocenters. The summed E-state index contributed by atoms with van der Waals surface area (Å²) in [5.74, 6) is 1.81. The maximum absolute atomic E-state index is 12.5. The second kappa shape index (κ2) is 7.25. The van der Waals surface area contributed by atoms with Gasteiger partial charge in [0.05, 0.1) is 11.4 Å². The molecule has 2 aliphatic rings. The minimum absolute atomic E-state index is 0.0921. The van der Waals surface area contributed by atoms with Crippen molar-refractivity contribution >= 4 is 27.5 Å². The Morgan fingerprint density at radius 1 is 1.28 bits per heavy atom. The molecule has 0 spiro atoms.